The van der Waals surface area contributed by atoms with Crippen LogP contribution in [0.1, 0.15) is 49.5 Å². The molecule has 3 heteroatoms. The number of hydrogen-bond acceptors (Lipinski definition) is 2. The van der Waals surface area contributed by atoms with Gasteiger partial charge >= 0.3 is 0 Å². The van der Waals surface area contributed by atoms with E-state index in [4.69, 9.17) is 5.26 Å². The molecule has 0 saturated carbocycles. The molecule has 0 saturated heterocycles. The first-order valence-electron chi connectivity index (χ1n) is 6.78. The molecular formula is C16H22N2O. The van der Waals surface area contributed by atoms with Crippen molar-refractivity contribution in [3.05, 3.63) is 35.4 Å². The van der Waals surface area contributed by atoms with E-state index in [2.05, 4.69) is 19.9 Å². The van der Waals surface area contributed by atoms with E-state index in [-0.39, 0.29) is 11.8 Å². The summed E-state index contributed by atoms with van der Waals surface area (Å²) in [6.45, 7) is 9.13. The van der Waals surface area contributed by atoms with E-state index < -0.39 is 0 Å². The lowest BCUT2D eigenvalue weighted by molar-refractivity contribution is 0.0752. The van der Waals surface area contributed by atoms with Crippen LogP contribution in [0.25, 0.3) is 0 Å². The Bertz CT molecular complexity index is 457. The normalized spacial score (nSPS) is 12.0. The second-order valence-electron chi connectivity index (χ2n) is 5.15. The monoisotopic (exact) mass is 258 g/mol. The molecule has 0 aliphatic rings. The van der Waals surface area contributed by atoms with Crippen LogP contribution in [-0.4, -0.2) is 23.9 Å². The lowest BCUT2D eigenvalue weighted by atomic mass is 10.0. The number of nitrogens with zero attached hydrogens (tertiary/aromatic N) is 2. The van der Waals surface area contributed by atoms with Gasteiger partial charge < -0.3 is 4.90 Å². The third-order valence-corrected chi connectivity index (χ3v) is 3.21. The van der Waals surface area contributed by atoms with Gasteiger partial charge in [-0.1, -0.05) is 26.0 Å². The van der Waals surface area contributed by atoms with E-state index in [1.54, 1.807) is 4.90 Å². The number of carbonyl (C=O) groups is 1. The molecule has 1 aromatic carbocycles. The summed E-state index contributed by atoms with van der Waals surface area (Å²) < 4.78 is 0. The summed E-state index contributed by atoms with van der Waals surface area (Å²) in [5, 5.41) is 8.84. The molecule has 0 unspecified atom stereocenters. The molecule has 1 aromatic rings. The van der Waals surface area contributed by atoms with Gasteiger partial charge in [0.2, 0.25) is 0 Å². The van der Waals surface area contributed by atoms with E-state index in [1.807, 2.05) is 38.1 Å². The summed E-state index contributed by atoms with van der Waals surface area (Å²) in [6, 6.07) is 9.91. The maximum absolute atomic E-state index is 12.3. The third-order valence-electron chi connectivity index (χ3n) is 3.21. The molecule has 0 aromatic heterocycles. The van der Waals surface area contributed by atoms with Crippen LogP contribution in [0.4, 0.5) is 0 Å². The number of nitriles is 1. The Balaban J connectivity index is 2.83. The Morgan fingerprint density at radius 1 is 1.26 bits per heavy atom. The van der Waals surface area contributed by atoms with E-state index in [0.717, 1.165) is 0 Å². The van der Waals surface area contributed by atoms with E-state index in [9.17, 15) is 4.79 Å². The van der Waals surface area contributed by atoms with Crippen molar-refractivity contribution in [3.8, 4) is 6.07 Å². The van der Waals surface area contributed by atoms with E-state index in [1.165, 1.54) is 5.56 Å². The summed E-state index contributed by atoms with van der Waals surface area (Å²) in [5.74, 6) is 0.323. The van der Waals surface area contributed by atoms with Crippen molar-refractivity contribution in [1.29, 1.82) is 5.26 Å². The minimum Gasteiger partial charge on any atom is -0.338 e. The van der Waals surface area contributed by atoms with Crippen LogP contribution in [0.2, 0.25) is 0 Å². The molecule has 19 heavy (non-hydrogen) atoms. The highest BCUT2D eigenvalue weighted by molar-refractivity contribution is 5.94. The first-order chi connectivity index (χ1) is 8.99. The minimum absolute atomic E-state index is 0.0000869. The average Bonchev–Trinajstić information content (AvgIpc) is 2.43. The van der Waals surface area contributed by atoms with Crippen molar-refractivity contribution in [2.45, 2.75) is 33.6 Å². The molecule has 0 radical (unpaired) electrons. The predicted molar refractivity (Wildman–Crippen MR) is 76.9 cm³/mol. The molecule has 1 amide bonds. The number of amides is 1. The predicted octanol–water partition coefficient (Wildman–Crippen LogP) is 3.43. The highest BCUT2D eigenvalue weighted by Crippen LogP contribution is 2.16. The van der Waals surface area contributed by atoms with Crippen LogP contribution in [0.3, 0.4) is 0 Å². The molecular weight excluding hydrogens is 236 g/mol. The maximum atomic E-state index is 12.3. The van der Waals surface area contributed by atoms with Gasteiger partial charge in [-0.3, -0.25) is 4.79 Å². The third kappa shape index (κ3) is 4.10. The fourth-order valence-electron chi connectivity index (χ4n) is 1.92. The summed E-state index contributed by atoms with van der Waals surface area (Å²) >= 11 is 0. The highest BCUT2D eigenvalue weighted by atomic mass is 16.2. The van der Waals surface area contributed by atoms with Crippen molar-refractivity contribution >= 4 is 5.91 Å². The smallest absolute Gasteiger partial charge is 0.253 e. The summed E-state index contributed by atoms with van der Waals surface area (Å²) in [5.41, 5.74) is 1.92. The van der Waals surface area contributed by atoms with Gasteiger partial charge in [-0.2, -0.15) is 5.26 Å². The summed E-state index contributed by atoms with van der Waals surface area (Å²) in [7, 11) is 0. The highest BCUT2D eigenvalue weighted by Gasteiger charge is 2.16. The van der Waals surface area contributed by atoms with Gasteiger partial charge in [0, 0.05) is 18.7 Å². The maximum Gasteiger partial charge on any atom is 0.253 e. The van der Waals surface area contributed by atoms with Gasteiger partial charge in [0.05, 0.1) is 12.0 Å². The van der Waals surface area contributed by atoms with Crippen molar-refractivity contribution in [3.63, 3.8) is 0 Å². The molecule has 0 aliphatic carbocycles. The zero-order valence-electron chi connectivity index (χ0n) is 12.2. The summed E-state index contributed by atoms with van der Waals surface area (Å²) in [6.07, 6.45) is 0. The fraction of sp³-hybridized carbons (Fsp3) is 0.500. The SMILES string of the molecule is CCN(C[C@@H](C)C#N)C(=O)c1ccc(C(C)C)cc1. The van der Waals surface area contributed by atoms with Gasteiger partial charge in [0.15, 0.2) is 0 Å². The molecule has 0 fully saturated rings. The lowest BCUT2D eigenvalue weighted by Crippen LogP contribution is -2.34. The average molecular weight is 258 g/mol. The van der Waals surface area contributed by atoms with Crippen molar-refractivity contribution in [1.82, 2.24) is 4.90 Å². The molecule has 102 valence electrons. The van der Waals surface area contributed by atoms with Crippen molar-refractivity contribution in [2.75, 3.05) is 13.1 Å². The van der Waals surface area contributed by atoms with Gasteiger partial charge in [-0.25, -0.2) is 0 Å². The zero-order chi connectivity index (χ0) is 14.4. The second-order valence-corrected chi connectivity index (χ2v) is 5.15. The zero-order valence-corrected chi connectivity index (χ0v) is 12.2. The molecule has 1 rings (SSSR count). The lowest BCUT2D eigenvalue weighted by Gasteiger charge is -2.22. The fourth-order valence-corrected chi connectivity index (χ4v) is 1.92. The quantitative estimate of drug-likeness (QED) is 0.812. The molecule has 1 atom stereocenters. The molecule has 0 aliphatic heterocycles. The van der Waals surface area contributed by atoms with Crippen LogP contribution in [0.5, 0.6) is 0 Å². The largest absolute Gasteiger partial charge is 0.338 e. The first kappa shape index (κ1) is 15.2. The van der Waals surface area contributed by atoms with Crippen LogP contribution in [0.15, 0.2) is 24.3 Å². The standard InChI is InChI=1S/C16H22N2O/c1-5-18(11-13(4)10-17)16(19)15-8-6-14(7-9-15)12(2)3/h6-9,12-13H,5,11H2,1-4H3/t13-/m0/s1. The molecule has 0 spiro atoms. The van der Waals surface area contributed by atoms with E-state index in [0.29, 0.717) is 24.6 Å². The van der Waals surface area contributed by atoms with Crippen molar-refractivity contribution < 1.29 is 4.79 Å². The number of carbonyl (C=O) groups excluding carboxylic acids is 1. The Morgan fingerprint density at radius 3 is 2.26 bits per heavy atom. The van der Waals surface area contributed by atoms with Crippen LogP contribution < -0.4 is 0 Å². The molecule has 3 nitrogen and oxygen atoms in total. The number of benzene rings is 1. The number of hydrogen-bond donors (Lipinski definition) is 0. The van der Waals surface area contributed by atoms with Gasteiger partial charge in [-0.05, 0) is 37.5 Å². The minimum atomic E-state index is -0.140. The Hall–Kier alpha value is -1.82. The van der Waals surface area contributed by atoms with Gasteiger partial charge in [-0.15, -0.1) is 0 Å². The van der Waals surface area contributed by atoms with E-state index >= 15 is 0 Å². The molecule has 0 bridgehead atoms. The first-order valence-corrected chi connectivity index (χ1v) is 6.78. The second kappa shape index (κ2) is 6.94. The Morgan fingerprint density at radius 2 is 1.84 bits per heavy atom. The van der Waals surface area contributed by atoms with Crippen molar-refractivity contribution in [2.24, 2.45) is 5.92 Å². The Labute approximate surface area is 115 Å². The Kier molecular flexibility index (Phi) is 5.57. The van der Waals surface area contributed by atoms with Crippen LogP contribution in [0, 0.1) is 17.2 Å². The van der Waals surface area contributed by atoms with Gasteiger partial charge in [0.25, 0.3) is 5.91 Å². The molecule has 0 heterocycles. The van der Waals surface area contributed by atoms with Crippen LogP contribution >= 0.6 is 0 Å². The van der Waals surface area contributed by atoms with Crippen LogP contribution in [-0.2, 0) is 0 Å². The summed E-state index contributed by atoms with van der Waals surface area (Å²) in [4.78, 5) is 14.0. The van der Waals surface area contributed by atoms with Gasteiger partial charge in [0.1, 0.15) is 0 Å². The molecule has 0 N–H and O–H groups in total. The number of rotatable bonds is 5. The topological polar surface area (TPSA) is 44.1 Å².